The van der Waals surface area contributed by atoms with Crippen LogP contribution in [0.5, 0.6) is 0 Å². The SMILES string of the molecule is CC(C)O.CC(C)O.OCCNCCO.[O]=[Ti]. The summed E-state index contributed by atoms with van der Waals surface area (Å²) in [6.45, 7) is 8.31. The monoisotopic (exact) mass is 289 g/mol. The molecule has 0 amide bonds. The van der Waals surface area contributed by atoms with Crippen molar-refractivity contribution in [2.75, 3.05) is 26.3 Å². The fourth-order valence-electron chi connectivity index (χ4n) is 0.283. The third kappa shape index (κ3) is 180. The predicted octanol–water partition coefficient (Wildman–Crippen LogP) is -0.786. The van der Waals surface area contributed by atoms with E-state index in [2.05, 4.69) is 5.32 Å². The van der Waals surface area contributed by atoms with Gasteiger partial charge in [0.15, 0.2) is 0 Å². The van der Waals surface area contributed by atoms with Crippen LogP contribution in [0.1, 0.15) is 27.7 Å². The van der Waals surface area contributed by atoms with Crippen LogP contribution in [0.2, 0.25) is 0 Å². The third-order valence-electron chi connectivity index (χ3n) is 0.577. The zero-order chi connectivity index (χ0) is 14.7. The summed E-state index contributed by atoms with van der Waals surface area (Å²) in [5, 5.41) is 35.2. The summed E-state index contributed by atoms with van der Waals surface area (Å²) in [6.07, 6.45) is -0.333. The summed E-state index contributed by atoms with van der Waals surface area (Å²) < 4.78 is 8.25. The second-order valence-electron chi connectivity index (χ2n) is 3.38. The van der Waals surface area contributed by atoms with E-state index in [-0.39, 0.29) is 25.4 Å². The molecule has 0 saturated heterocycles. The van der Waals surface area contributed by atoms with Crippen LogP contribution in [0.3, 0.4) is 0 Å². The molecule has 106 valence electrons. The summed E-state index contributed by atoms with van der Waals surface area (Å²) in [5.41, 5.74) is 0. The first-order valence-corrected chi connectivity index (χ1v) is 6.01. The van der Waals surface area contributed by atoms with E-state index in [9.17, 15) is 0 Å². The van der Waals surface area contributed by atoms with Gasteiger partial charge in [0.25, 0.3) is 0 Å². The molecule has 17 heavy (non-hydrogen) atoms. The van der Waals surface area contributed by atoms with Crippen LogP contribution in [0.25, 0.3) is 0 Å². The summed E-state index contributed by atoms with van der Waals surface area (Å²) in [6, 6.07) is 0. The van der Waals surface area contributed by atoms with Crippen LogP contribution in [-0.4, -0.2) is 58.9 Å². The van der Waals surface area contributed by atoms with E-state index in [1.54, 1.807) is 27.7 Å². The Bertz CT molecular complexity index is 91.2. The van der Waals surface area contributed by atoms with E-state index in [0.29, 0.717) is 13.1 Å². The quantitative estimate of drug-likeness (QED) is 0.343. The van der Waals surface area contributed by atoms with Gasteiger partial charge in [-0.3, -0.25) is 0 Å². The van der Waals surface area contributed by atoms with Gasteiger partial charge >= 0.3 is 23.7 Å². The second kappa shape index (κ2) is 29.9. The van der Waals surface area contributed by atoms with Crippen molar-refractivity contribution in [1.82, 2.24) is 5.32 Å². The van der Waals surface area contributed by atoms with Gasteiger partial charge in [0.05, 0.1) is 13.2 Å². The first kappa shape index (κ1) is 26.0. The van der Waals surface area contributed by atoms with Crippen molar-refractivity contribution in [2.45, 2.75) is 39.9 Å². The van der Waals surface area contributed by atoms with Gasteiger partial charge in [-0.25, -0.2) is 0 Å². The molecule has 0 saturated carbocycles. The van der Waals surface area contributed by atoms with Crippen LogP contribution in [0, 0.1) is 0 Å². The van der Waals surface area contributed by atoms with E-state index in [0.717, 1.165) is 20.4 Å². The Labute approximate surface area is 116 Å². The molecule has 0 spiro atoms. The number of hydrogen-bond donors (Lipinski definition) is 5. The molecule has 0 aliphatic rings. The molecule has 6 nitrogen and oxygen atoms in total. The Kier molecular flexibility index (Phi) is 45.7. The van der Waals surface area contributed by atoms with Gasteiger partial charge in [-0.15, -0.1) is 0 Å². The fourth-order valence-corrected chi connectivity index (χ4v) is 0.283. The normalized spacial score (nSPS) is 8.29. The maximum absolute atomic E-state index is 8.25. The molecule has 0 rings (SSSR count). The Morgan fingerprint density at radius 2 is 1.06 bits per heavy atom. The van der Waals surface area contributed by atoms with Crippen molar-refractivity contribution in [3.8, 4) is 0 Å². The van der Waals surface area contributed by atoms with Crippen molar-refractivity contribution in [3.63, 3.8) is 0 Å². The average Bonchev–Trinajstić information content (AvgIpc) is 2.20. The first-order valence-electron chi connectivity index (χ1n) is 5.37. The van der Waals surface area contributed by atoms with Gasteiger partial charge in [0.1, 0.15) is 0 Å². The molecule has 0 bridgehead atoms. The van der Waals surface area contributed by atoms with Crippen LogP contribution >= 0.6 is 0 Å². The molecule has 0 aliphatic carbocycles. The number of hydrogen-bond acceptors (Lipinski definition) is 6. The third-order valence-corrected chi connectivity index (χ3v) is 0.577. The number of nitrogens with one attached hydrogen (secondary N) is 1. The molecular formula is C10H27NO5Ti. The van der Waals surface area contributed by atoms with Crippen LogP contribution in [0.15, 0.2) is 0 Å². The topological polar surface area (TPSA) is 110 Å². The molecular weight excluding hydrogens is 262 g/mol. The minimum absolute atomic E-state index is 0.139. The standard InChI is InChI=1S/C4H11NO2.2C3H8O.O.Ti/c6-3-1-5-2-4-7;2*1-3(2)4;;/h5-7H,1-4H2;2*3-4H,1-2H3;;. The number of rotatable bonds is 4. The molecule has 7 heteroatoms. The molecule has 0 radical (unpaired) electrons. The summed E-state index contributed by atoms with van der Waals surface area (Å²) in [4.78, 5) is 0. The van der Waals surface area contributed by atoms with Gasteiger partial charge in [0, 0.05) is 25.3 Å². The van der Waals surface area contributed by atoms with E-state index in [1.807, 2.05) is 0 Å². The van der Waals surface area contributed by atoms with E-state index in [4.69, 9.17) is 23.8 Å². The van der Waals surface area contributed by atoms with Gasteiger partial charge in [-0.1, -0.05) is 0 Å². The van der Waals surface area contributed by atoms with E-state index in [1.165, 1.54) is 0 Å². The Hall–Kier alpha value is 0.314. The molecule has 0 unspecified atom stereocenters. The van der Waals surface area contributed by atoms with E-state index >= 15 is 0 Å². The Morgan fingerprint density at radius 3 is 1.18 bits per heavy atom. The molecule has 0 aromatic heterocycles. The van der Waals surface area contributed by atoms with Crippen LogP contribution < -0.4 is 5.32 Å². The van der Waals surface area contributed by atoms with Gasteiger partial charge in [-0.05, 0) is 27.7 Å². The van der Waals surface area contributed by atoms with Crippen molar-refractivity contribution < 1.29 is 44.2 Å². The van der Waals surface area contributed by atoms with Gasteiger partial charge in [-0.2, -0.15) is 0 Å². The fraction of sp³-hybridized carbons (Fsp3) is 1.00. The van der Waals surface area contributed by atoms with Crippen molar-refractivity contribution in [1.29, 1.82) is 0 Å². The number of aliphatic hydroxyl groups excluding tert-OH is 4. The molecule has 0 fully saturated rings. The number of aliphatic hydroxyl groups is 4. The van der Waals surface area contributed by atoms with Crippen molar-refractivity contribution in [3.05, 3.63) is 0 Å². The summed E-state index contributed by atoms with van der Waals surface area (Å²) >= 11 is 0.750. The van der Waals surface area contributed by atoms with Gasteiger partial charge in [0.2, 0.25) is 0 Å². The summed E-state index contributed by atoms with van der Waals surface area (Å²) in [5.74, 6) is 0. The minimum atomic E-state index is -0.167. The van der Waals surface area contributed by atoms with Crippen LogP contribution in [-0.2, 0) is 23.7 Å². The van der Waals surface area contributed by atoms with Crippen LogP contribution in [0.4, 0.5) is 0 Å². The molecule has 0 aromatic carbocycles. The zero-order valence-corrected chi connectivity index (χ0v) is 12.7. The molecule has 5 N–H and O–H groups in total. The molecule has 0 atom stereocenters. The zero-order valence-electron chi connectivity index (χ0n) is 11.2. The Balaban J connectivity index is -0.0000000733. The maximum atomic E-state index is 8.25. The predicted molar refractivity (Wildman–Crippen MR) is 62.4 cm³/mol. The molecule has 0 heterocycles. The van der Waals surface area contributed by atoms with Crippen molar-refractivity contribution in [2.24, 2.45) is 0 Å². The van der Waals surface area contributed by atoms with E-state index < -0.39 is 0 Å². The molecule has 0 aliphatic heterocycles. The first-order chi connectivity index (χ1) is 7.88. The molecule has 0 aromatic rings. The Morgan fingerprint density at radius 1 is 0.882 bits per heavy atom. The van der Waals surface area contributed by atoms with Gasteiger partial charge < -0.3 is 25.7 Å². The summed E-state index contributed by atoms with van der Waals surface area (Å²) in [7, 11) is 0. The average molecular weight is 289 g/mol. The van der Waals surface area contributed by atoms with Crippen molar-refractivity contribution >= 4 is 0 Å². The second-order valence-corrected chi connectivity index (χ2v) is 3.38.